The molecular weight excluding hydrogens is 178 g/mol. The second-order valence-corrected chi connectivity index (χ2v) is 3.94. The van der Waals surface area contributed by atoms with E-state index < -0.39 is 0 Å². The van der Waals surface area contributed by atoms with Gasteiger partial charge in [-0.1, -0.05) is 24.3 Å². The molecule has 0 unspecified atom stereocenters. The number of rotatable bonds is 2. The van der Waals surface area contributed by atoms with Gasteiger partial charge in [-0.2, -0.15) is 0 Å². The fraction of sp³-hybridized carbons (Fsp3) is 0.0909. The van der Waals surface area contributed by atoms with Crippen molar-refractivity contribution >= 4 is 11.3 Å². The zero-order valence-electron chi connectivity index (χ0n) is 7.23. The zero-order valence-corrected chi connectivity index (χ0v) is 8.05. The molecule has 0 aliphatic rings. The van der Waals surface area contributed by atoms with Gasteiger partial charge in [-0.3, -0.25) is 4.98 Å². The Morgan fingerprint density at radius 3 is 3.00 bits per heavy atom. The Kier molecular flexibility index (Phi) is 2.41. The molecule has 2 heteroatoms. The molecule has 0 aliphatic heterocycles. The molecule has 1 aromatic carbocycles. The van der Waals surface area contributed by atoms with Crippen LogP contribution in [-0.2, 0) is 6.42 Å². The molecule has 65 valence electrons. The van der Waals surface area contributed by atoms with Gasteiger partial charge in [-0.15, -0.1) is 11.3 Å². The van der Waals surface area contributed by atoms with Crippen molar-refractivity contribution in [2.24, 2.45) is 0 Å². The van der Waals surface area contributed by atoms with Crippen LogP contribution in [0, 0.1) is 6.92 Å². The van der Waals surface area contributed by atoms with Gasteiger partial charge in [0.2, 0.25) is 0 Å². The van der Waals surface area contributed by atoms with E-state index in [0.717, 1.165) is 12.0 Å². The standard InChI is InChI=1S/C11H10NS/c1-9-3-2-4-10(5-9)6-11-7-12-8-13-11/h2-5,7-8H,1,6H2. The molecule has 0 amide bonds. The van der Waals surface area contributed by atoms with E-state index in [1.807, 2.05) is 23.8 Å². The van der Waals surface area contributed by atoms with Crippen LogP contribution in [0.25, 0.3) is 0 Å². The van der Waals surface area contributed by atoms with Crippen molar-refractivity contribution in [1.29, 1.82) is 0 Å². The van der Waals surface area contributed by atoms with Gasteiger partial charge in [0.25, 0.3) is 0 Å². The summed E-state index contributed by atoms with van der Waals surface area (Å²) in [5.41, 5.74) is 4.24. The van der Waals surface area contributed by atoms with Crippen molar-refractivity contribution in [2.75, 3.05) is 0 Å². The predicted molar refractivity (Wildman–Crippen MR) is 55.8 cm³/mol. The summed E-state index contributed by atoms with van der Waals surface area (Å²) in [6.45, 7) is 3.90. The first-order valence-corrected chi connectivity index (χ1v) is 5.01. The number of benzene rings is 1. The monoisotopic (exact) mass is 188 g/mol. The average Bonchev–Trinajstić information content (AvgIpc) is 2.57. The molecular formula is C11H10NS. The Balaban J connectivity index is 2.19. The van der Waals surface area contributed by atoms with Crippen LogP contribution in [0.3, 0.4) is 0 Å². The summed E-state index contributed by atoms with van der Waals surface area (Å²) < 4.78 is 0. The third-order valence-corrected chi connectivity index (χ3v) is 2.63. The maximum absolute atomic E-state index is 4.04. The van der Waals surface area contributed by atoms with Crippen LogP contribution in [0.2, 0.25) is 0 Å². The Hall–Kier alpha value is -1.15. The lowest BCUT2D eigenvalue weighted by atomic mass is 10.1. The van der Waals surface area contributed by atoms with Gasteiger partial charge in [0.05, 0.1) is 5.51 Å². The summed E-state index contributed by atoms with van der Waals surface area (Å²) >= 11 is 1.69. The minimum absolute atomic E-state index is 0.966. The average molecular weight is 188 g/mol. The quantitative estimate of drug-likeness (QED) is 0.706. The largest absolute Gasteiger partial charge is 0.253 e. The van der Waals surface area contributed by atoms with E-state index in [2.05, 4.69) is 24.0 Å². The first-order valence-electron chi connectivity index (χ1n) is 4.13. The molecule has 1 radical (unpaired) electrons. The van der Waals surface area contributed by atoms with Crippen molar-refractivity contribution in [3.63, 3.8) is 0 Å². The van der Waals surface area contributed by atoms with Crippen LogP contribution < -0.4 is 0 Å². The van der Waals surface area contributed by atoms with Crippen LogP contribution in [0.1, 0.15) is 16.0 Å². The lowest BCUT2D eigenvalue weighted by Gasteiger charge is -1.98. The third-order valence-electron chi connectivity index (χ3n) is 1.85. The molecule has 0 aliphatic carbocycles. The molecule has 0 saturated carbocycles. The van der Waals surface area contributed by atoms with Crippen molar-refractivity contribution in [3.05, 3.63) is 58.9 Å². The summed E-state index contributed by atoms with van der Waals surface area (Å²) in [5.74, 6) is 0. The van der Waals surface area contributed by atoms with E-state index in [0.29, 0.717) is 0 Å². The fourth-order valence-electron chi connectivity index (χ4n) is 1.27. The van der Waals surface area contributed by atoms with Crippen molar-refractivity contribution in [2.45, 2.75) is 6.42 Å². The minimum atomic E-state index is 0.966. The lowest BCUT2D eigenvalue weighted by molar-refractivity contribution is 1.21. The SMILES string of the molecule is [CH2]c1cccc(Cc2cncs2)c1. The van der Waals surface area contributed by atoms with Crippen molar-refractivity contribution < 1.29 is 0 Å². The second kappa shape index (κ2) is 3.71. The number of aromatic nitrogens is 1. The molecule has 0 saturated heterocycles. The van der Waals surface area contributed by atoms with Gasteiger partial charge in [0, 0.05) is 17.5 Å². The summed E-state index contributed by atoms with van der Waals surface area (Å²) in [5, 5.41) is 0. The molecule has 1 aromatic heterocycles. The Labute approximate surface area is 82.1 Å². The number of nitrogens with zero attached hydrogens (tertiary/aromatic N) is 1. The van der Waals surface area contributed by atoms with Crippen molar-refractivity contribution in [3.8, 4) is 0 Å². The highest BCUT2D eigenvalue weighted by atomic mass is 32.1. The second-order valence-electron chi connectivity index (χ2n) is 2.96. The lowest BCUT2D eigenvalue weighted by Crippen LogP contribution is -1.84. The smallest absolute Gasteiger partial charge is 0.0794 e. The maximum Gasteiger partial charge on any atom is 0.0794 e. The van der Waals surface area contributed by atoms with Crippen molar-refractivity contribution in [1.82, 2.24) is 4.98 Å². The topological polar surface area (TPSA) is 12.9 Å². The fourth-order valence-corrected chi connectivity index (χ4v) is 1.90. The normalized spacial score (nSPS) is 10.2. The predicted octanol–water partition coefficient (Wildman–Crippen LogP) is 2.92. The first-order chi connectivity index (χ1) is 6.34. The minimum Gasteiger partial charge on any atom is -0.253 e. The van der Waals surface area contributed by atoms with E-state index in [4.69, 9.17) is 0 Å². The highest BCUT2D eigenvalue weighted by Crippen LogP contribution is 2.13. The third kappa shape index (κ3) is 2.16. The van der Waals surface area contributed by atoms with Gasteiger partial charge >= 0.3 is 0 Å². The maximum atomic E-state index is 4.04. The zero-order chi connectivity index (χ0) is 9.10. The summed E-state index contributed by atoms with van der Waals surface area (Å²) in [7, 11) is 0. The van der Waals surface area contributed by atoms with E-state index in [1.54, 1.807) is 11.3 Å². The van der Waals surface area contributed by atoms with Gasteiger partial charge < -0.3 is 0 Å². The molecule has 1 nitrogen and oxygen atoms in total. The summed E-state index contributed by atoms with van der Waals surface area (Å²) in [4.78, 5) is 5.34. The van der Waals surface area contributed by atoms with E-state index in [9.17, 15) is 0 Å². The molecule has 0 bridgehead atoms. The summed E-state index contributed by atoms with van der Waals surface area (Å²) in [6.07, 6.45) is 2.88. The van der Waals surface area contributed by atoms with E-state index in [-0.39, 0.29) is 0 Å². The number of hydrogen-bond acceptors (Lipinski definition) is 2. The molecule has 13 heavy (non-hydrogen) atoms. The molecule has 0 N–H and O–H groups in total. The molecule has 0 atom stereocenters. The Morgan fingerprint density at radius 1 is 1.38 bits per heavy atom. The van der Waals surface area contributed by atoms with E-state index in [1.165, 1.54) is 10.4 Å². The van der Waals surface area contributed by atoms with Gasteiger partial charge in [-0.05, 0) is 18.1 Å². The molecule has 0 fully saturated rings. The van der Waals surface area contributed by atoms with E-state index >= 15 is 0 Å². The molecule has 1 heterocycles. The molecule has 0 spiro atoms. The van der Waals surface area contributed by atoms with Crippen LogP contribution >= 0.6 is 11.3 Å². The Morgan fingerprint density at radius 2 is 2.31 bits per heavy atom. The van der Waals surface area contributed by atoms with Gasteiger partial charge in [-0.25, -0.2) is 0 Å². The van der Waals surface area contributed by atoms with Crippen LogP contribution in [-0.4, -0.2) is 4.98 Å². The highest BCUT2D eigenvalue weighted by Gasteiger charge is 1.97. The first kappa shape index (κ1) is 8.45. The van der Waals surface area contributed by atoms with Crippen LogP contribution in [0.15, 0.2) is 36.0 Å². The molecule has 2 aromatic rings. The number of hydrogen-bond donors (Lipinski definition) is 0. The van der Waals surface area contributed by atoms with Crippen LogP contribution in [0.5, 0.6) is 0 Å². The summed E-state index contributed by atoms with van der Waals surface area (Å²) in [6, 6.07) is 8.28. The Bertz CT molecular complexity index is 379. The number of thiazole rings is 1. The molecule has 2 rings (SSSR count). The van der Waals surface area contributed by atoms with Gasteiger partial charge in [0.15, 0.2) is 0 Å². The van der Waals surface area contributed by atoms with Gasteiger partial charge in [0.1, 0.15) is 0 Å². The van der Waals surface area contributed by atoms with Crippen LogP contribution in [0.4, 0.5) is 0 Å². The highest BCUT2D eigenvalue weighted by molar-refractivity contribution is 7.09.